The van der Waals surface area contributed by atoms with Crippen LogP contribution in [0.25, 0.3) is 0 Å². The molecule has 1 aliphatic carbocycles. The normalized spacial score (nSPS) is 35.7. The summed E-state index contributed by atoms with van der Waals surface area (Å²) in [6.07, 6.45) is 4.90. The average Bonchev–Trinajstić information content (AvgIpc) is 3.12. The second-order valence-corrected chi connectivity index (χ2v) is 8.72. The number of Topliss-reactive ketones (excluding diaryl/α,β-unsaturated/α-hetero) is 1. The van der Waals surface area contributed by atoms with Gasteiger partial charge in [0.2, 0.25) is 0 Å². The molecule has 1 fully saturated rings. The highest BCUT2D eigenvalue weighted by molar-refractivity contribution is 5.85. The van der Waals surface area contributed by atoms with Crippen LogP contribution in [0.2, 0.25) is 0 Å². The molecule has 0 aromatic heterocycles. The number of ether oxygens (including phenoxy) is 2. The number of hydrogen-bond acceptors (Lipinski definition) is 4. The lowest BCUT2D eigenvalue weighted by molar-refractivity contribution is -0.145. The quantitative estimate of drug-likeness (QED) is 0.417. The Balaban J connectivity index is 2.45. The van der Waals surface area contributed by atoms with Gasteiger partial charge in [-0.3, -0.25) is 9.59 Å². The Morgan fingerprint density at radius 2 is 2.00 bits per heavy atom. The average molecular weight is 363 g/mol. The molecule has 146 valence electrons. The molecular formula is C22H34O4. The van der Waals surface area contributed by atoms with Gasteiger partial charge in [-0.05, 0) is 44.1 Å². The van der Waals surface area contributed by atoms with E-state index in [0.717, 1.165) is 24.0 Å². The molecular weight excluding hydrogens is 328 g/mol. The molecule has 0 aromatic carbocycles. The summed E-state index contributed by atoms with van der Waals surface area (Å²) in [5.41, 5.74) is 1.58. The van der Waals surface area contributed by atoms with Crippen molar-refractivity contribution in [2.75, 3.05) is 0 Å². The summed E-state index contributed by atoms with van der Waals surface area (Å²) in [5, 5.41) is 0. The van der Waals surface area contributed by atoms with Crippen LogP contribution in [0.1, 0.15) is 67.2 Å². The molecule has 0 saturated carbocycles. The highest BCUT2D eigenvalue weighted by Crippen LogP contribution is 2.46. The van der Waals surface area contributed by atoms with Crippen LogP contribution in [-0.4, -0.2) is 29.6 Å². The van der Waals surface area contributed by atoms with Gasteiger partial charge >= 0.3 is 5.97 Å². The first-order valence-corrected chi connectivity index (χ1v) is 9.78. The molecule has 5 unspecified atom stereocenters. The van der Waals surface area contributed by atoms with Crippen molar-refractivity contribution in [1.82, 2.24) is 0 Å². The highest BCUT2D eigenvalue weighted by Gasteiger charge is 2.53. The number of rotatable bonds is 3. The number of hydrogen-bond donors (Lipinski definition) is 0. The van der Waals surface area contributed by atoms with Crippen LogP contribution in [0.5, 0.6) is 0 Å². The summed E-state index contributed by atoms with van der Waals surface area (Å²) in [6, 6.07) is 0. The fourth-order valence-electron chi connectivity index (χ4n) is 4.01. The van der Waals surface area contributed by atoms with Crippen molar-refractivity contribution >= 4 is 11.8 Å². The van der Waals surface area contributed by atoms with Crippen molar-refractivity contribution in [2.24, 2.45) is 17.8 Å². The van der Waals surface area contributed by atoms with Gasteiger partial charge in [-0.15, -0.1) is 0 Å². The zero-order valence-corrected chi connectivity index (χ0v) is 17.1. The van der Waals surface area contributed by atoms with Crippen LogP contribution in [0.15, 0.2) is 23.8 Å². The van der Waals surface area contributed by atoms with Gasteiger partial charge in [-0.25, -0.2) is 0 Å². The van der Waals surface area contributed by atoms with Crippen LogP contribution in [0.4, 0.5) is 0 Å². The fourth-order valence-corrected chi connectivity index (χ4v) is 4.01. The summed E-state index contributed by atoms with van der Waals surface area (Å²) in [5.74, 6) is 0.0645. The Morgan fingerprint density at radius 1 is 1.35 bits per heavy atom. The number of allylic oxidation sites excluding steroid dienone is 2. The molecule has 1 aliphatic heterocycles. The third-order valence-electron chi connectivity index (χ3n) is 5.68. The first-order valence-electron chi connectivity index (χ1n) is 9.78. The summed E-state index contributed by atoms with van der Waals surface area (Å²) >= 11 is 0. The Labute approximate surface area is 158 Å². The molecule has 1 saturated heterocycles. The third-order valence-corrected chi connectivity index (χ3v) is 5.68. The van der Waals surface area contributed by atoms with E-state index < -0.39 is 0 Å². The minimum atomic E-state index is -0.367. The fraction of sp³-hybridized carbons (Fsp3) is 0.727. The minimum Gasteiger partial charge on any atom is -0.458 e. The van der Waals surface area contributed by atoms with Crippen molar-refractivity contribution in [1.29, 1.82) is 0 Å². The van der Waals surface area contributed by atoms with Gasteiger partial charge in [-0.2, -0.15) is 0 Å². The zero-order chi connectivity index (χ0) is 19.6. The maximum atomic E-state index is 12.9. The Hall–Kier alpha value is -1.42. The second kappa shape index (κ2) is 8.08. The summed E-state index contributed by atoms with van der Waals surface area (Å²) in [7, 11) is 0. The lowest BCUT2D eigenvalue weighted by Gasteiger charge is -2.27. The number of ketones is 1. The number of epoxide rings is 1. The second-order valence-electron chi connectivity index (χ2n) is 8.72. The SMILES string of the molecule is C=C(C)C1C=C(C(C)C)C(OC(C)=O)CC2(C)OC2CCC(C)CC1=O. The molecule has 2 aliphatic rings. The summed E-state index contributed by atoms with van der Waals surface area (Å²) in [6.45, 7) is 15.8. The number of esters is 1. The minimum absolute atomic E-state index is 0.162. The monoisotopic (exact) mass is 362 g/mol. The molecule has 5 atom stereocenters. The van der Waals surface area contributed by atoms with Crippen molar-refractivity contribution in [3.8, 4) is 0 Å². The maximum Gasteiger partial charge on any atom is 0.303 e. The molecule has 0 N–H and O–H groups in total. The molecule has 0 aromatic rings. The molecule has 1 heterocycles. The standard InChI is InChI=1S/C22H34O4/c1-13(2)17-11-18(14(3)4)20(25-16(6)23)12-22(7)21(26-22)9-8-15(5)10-19(17)24/h11,14-15,17,20-21H,1,8-10,12H2,2-7H3. The highest BCUT2D eigenvalue weighted by atomic mass is 16.6. The van der Waals surface area contributed by atoms with Gasteiger partial charge in [-0.1, -0.05) is 39.0 Å². The predicted molar refractivity (Wildman–Crippen MR) is 103 cm³/mol. The molecule has 0 radical (unpaired) electrons. The maximum absolute atomic E-state index is 12.9. The molecule has 4 nitrogen and oxygen atoms in total. The van der Waals surface area contributed by atoms with Crippen LogP contribution in [-0.2, 0) is 19.1 Å². The van der Waals surface area contributed by atoms with Crippen LogP contribution in [0.3, 0.4) is 0 Å². The first kappa shape index (κ1) is 20.9. The summed E-state index contributed by atoms with van der Waals surface area (Å²) in [4.78, 5) is 24.6. The summed E-state index contributed by atoms with van der Waals surface area (Å²) < 4.78 is 11.7. The number of carbonyl (C=O) groups excluding carboxylic acids is 2. The van der Waals surface area contributed by atoms with E-state index in [0.29, 0.717) is 18.8 Å². The third kappa shape index (κ3) is 5.06. The van der Waals surface area contributed by atoms with E-state index in [-0.39, 0.29) is 41.4 Å². The molecule has 4 heteroatoms. The number of fused-ring (bicyclic) bond motifs is 1. The zero-order valence-electron chi connectivity index (χ0n) is 17.1. The van der Waals surface area contributed by atoms with E-state index >= 15 is 0 Å². The lowest BCUT2D eigenvalue weighted by Crippen LogP contribution is -2.30. The molecule has 0 bridgehead atoms. The van der Waals surface area contributed by atoms with E-state index in [1.165, 1.54) is 6.92 Å². The molecule has 0 amide bonds. The van der Waals surface area contributed by atoms with Gasteiger partial charge < -0.3 is 9.47 Å². The van der Waals surface area contributed by atoms with E-state index in [1.807, 2.05) is 13.0 Å². The van der Waals surface area contributed by atoms with Crippen molar-refractivity contribution in [3.63, 3.8) is 0 Å². The van der Waals surface area contributed by atoms with Crippen molar-refractivity contribution in [2.45, 2.75) is 85.0 Å². The van der Waals surface area contributed by atoms with Crippen LogP contribution < -0.4 is 0 Å². The largest absolute Gasteiger partial charge is 0.458 e. The van der Waals surface area contributed by atoms with Gasteiger partial charge in [0.05, 0.1) is 17.6 Å². The van der Waals surface area contributed by atoms with Gasteiger partial charge in [0.15, 0.2) is 0 Å². The molecule has 0 spiro atoms. The number of carbonyl (C=O) groups is 2. The van der Waals surface area contributed by atoms with E-state index in [4.69, 9.17) is 9.47 Å². The van der Waals surface area contributed by atoms with Gasteiger partial charge in [0.25, 0.3) is 0 Å². The smallest absolute Gasteiger partial charge is 0.303 e. The van der Waals surface area contributed by atoms with E-state index in [9.17, 15) is 9.59 Å². The lowest BCUT2D eigenvalue weighted by atomic mass is 9.81. The van der Waals surface area contributed by atoms with Crippen LogP contribution in [0, 0.1) is 17.8 Å². The van der Waals surface area contributed by atoms with E-state index in [1.54, 1.807) is 0 Å². The van der Waals surface area contributed by atoms with Crippen LogP contribution >= 0.6 is 0 Å². The predicted octanol–water partition coefficient (Wildman–Crippen LogP) is 4.63. The topological polar surface area (TPSA) is 55.9 Å². The Morgan fingerprint density at radius 3 is 2.54 bits per heavy atom. The Kier molecular flexibility index (Phi) is 6.49. The first-order chi connectivity index (χ1) is 12.0. The van der Waals surface area contributed by atoms with Crippen molar-refractivity contribution in [3.05, 3.63) is 23.8 Å². The molecule has 26 heavy (non-hydrogen) atoms. The van der Waals surface area contributed by atoms with E-state index in [2.05, 4.69) is 34.3 Å². The van der Waals surface area contributed by atoms with Gasteiger partial charge in [0, 0.05) is 19.8 Å². The van der Waals surface area contributed by atoms with Crippen molar-refractivity contribution < 1.29 is 19.1 Å². The molecule has 2 rings (SSSR count). The Bertz CT molecular complexity index is 603. The van der Waals surface area contributed by atoms with Gasteiger partial charge in [0.1, 0.15) is 11.9 Å².